The third-order valence-corrected chi connectivity index (χ3v) is 9.28. The first-order valence-corrected chi connectivity index (χ1v) is 14.7. The van der Waals surface area contributed by atoms with E-state index < -0.39 is 6.29 Å². The number of imide groups is 1. The van der Waals surface area contributed by atoms with Crippen molar-refractivity contribution in [3.05, 3.63) is 106 Å². The summed E-state index contributed by atoms with van der Waals surface area (Å²) in [6, 6.07) is 21.8. The second-order valence-corrected chi connectivity index (χ2v) is 12.3. The Balaban J connectivity index is 1.25. The molecule has 6 rings (SSSR count). The summed E-state index contributed by atoms with van der Waals surface area (Å²) in [6.07, 6.45) is -1.05. The van der Waals surface area contributed by atoms with Gasteiger partial charge in [-0.15, -0.1) is 10.2 Å². The highest BCUT2D eigenvalue weighted by molar-refractivity contribution is 8.01. The second kappa shape index (κ2) is 11.2. The molecule has 1 aromatic heterocycles. The number of aliphatic hydroxyl groups is 1. The average Bonchev–Trinajstić information content (AvgIpc) is 3.52. The molecule has 2 aliphatic rings. The molecule has 4 atom stereocenters. The smallest absolute Gasteiger partial charge is 0.266 e. The van der Waals surface area contributed by atoms with Gasteiger partial charge >= 0.3 is 0 Å². The zero-order valence-corrected chi connectivity index (χ0v) is 23.5. The van der Waals surface area contributed by atoms with E-state index in [4.69, 9.17) is 9.47 Å². The Labute approximate surface area is 240 Å². The van der Waals surface area contributed by atoms with Crippen molar-refractivity contribution >= 4 is 40.6 Å². The van der Waals surface area contributed by atoms with Crippen molar-refractivity contribution in [2.75, 3.05) is 10.7 Å². The number of ether oxygens (including phenoxy) is 2. The number of anilines is 1. The number of carbonyl (C=O) groups is 2. The Bertz CT molecular complexity index is 1500. The van der Waals surface area contributed by atoms with Gasteiger partial charge in [-0.25, -0.2) is 4.90 Å². The summed E-state index contributed by atoms with van der Waals surface area (Å²) in [5.74, 6) is 0.0504. The van der Waals surface area contributed by atoms with Crippen LogP contribution in [0.5, 0.6) is 0 Å². The first-order chi connectivity index (χ1) is 19.4. The van der Waals surface area contributed by atoms with Gasteiger partial charge in [0.15, 0.2) is 10.6 Å². The largest absolute Gasteiger partial charge is 0.392 e. The summed E-state index contributed by atoms with van der Waals surface area (Å²) in [6.45, 7) is 4.03. The average molecular weight is 574 g/mol. The SMILES string of the molecule is Cc1nnc(SC[C@@H]2O[C@H](c3ccc(N4C(=O)c5ccccc5C4=O)cc3)O[C@H](c3ccc(CO)cc3)[C@@H]2C)s1. The molecule has 0 radical (unpaired) electrons. The fourth-order valence-corrected chi connectivity index (χ4v) is 7.01. The van der Waals surface area contributed by atoms with E-state index in [0.29, 0.717) is 22.6 Å². The van der Waals surface area contributed by atoms with Gasteiger partial charge in [0, 0.05) is 17.2 Å². The maximum Gasteiger partial charge on any atom is 0.266 e. The third-order valence-electron chi connectivity index (χ3n) is 7.22. The molecule has 204 valence electrons. The van der Waals surface area contributed by atoms with Gasteiger partial charge in [0.05, 0.1) is 35.6 Å². The minimum absolute atomic E-state index is 0.0208. The second-order valence-electron chi connectivity index (χ2n) is 9.80. The van der Waals surface area contributed by atoms with E-state index in [1.165, 1.54) is 4.90 Å². The lowest BCUT2D eigenvalue weighted by atomic mass is 9.91. The number of carbonyl (C=O) groups excluding carboxylic acids is 2. The fraction of sp³-hybridized carbons (Fsp3) is 0.267. The summed E-state index contributed by atoms with van der Waals surface area (Å²) in [5.41, 5.74) is 3.93. The molecule has 0 bridgehead atoms. The Morgan fingerprint density at radius 2 is 1.55 bits per heavy atom. The molecule has 4 aromatic rings. The minimum Gasteiger partial charge on any atom is -0.392 e. The van der Waals surface area contributed by atoms with Gasteiger partial charge in [0.1, 0.15) is 5.01 Å². The Hall–Kier alpha value is -3.41. The molecular formula is C30H27N3O5S2. The number of benzene rings is 3. The van der Waals surface area contributed by atoms with Crippen LogP contribution in [-0.4, -0.2) is 39.0 Å². The molecule has 10 heteroatoms. The summed E-state index contributed by atoms with van der Waals surface area (Å²) in [5, 5.41) is 18.7. The zero-order chi connectivity index (χ0) is 27.8. The van der Waals surface area contributed by atoms with Gasteiger partial charge in [0.25, 0.3) is 11.8 Å². The number of rotatable bonds is 7. The topological polar surface area (TPSA) is 102 Å². The fourth-order valence-electron chi connectivity index (χ4n) is 5.00. The zero-order valence-electron chi connectivity index (χ0n) is 21.9. The molecule has 2 amide bonds. The molecule has 1 N–H and O–H groups in total. The van der Waals surface area contributed by atoms with Gasteiger partial charge < -0.3 is 14.6 Å². The van der Waals surface area contributed by atoms with Crippen molar-refractivity contribution < 1.29 is 24.2 Å². The molecule has 8 nitrogen and oxygen atoms in total. The van der Waals surface area contributed by atoms with E-state index >= 15 is 0 Å². The van der Waals surface area contributed by atoms with E-state index in [0.717, 1.165) is 26.0 Å². The highest BCUT2D eigenvalue weighted by Gasteiger charge is 2.39. The molecule has 2 aliphatic heterocycles. The third kappa shape index (κ3) is 5.09. The maximum atomic E-state index is 12.9. The number of fused-ring (bicyclic) bond motifs is 1. The predicted molar refractivity (Wildman–Crippen MR) is 152 cm³/mol. The number of hydrogen-bond acceptors (Lipinski definition) is 9. The summed E-state index contributed by atoms with van der Waals surface area (Å²) < 4.78 is 13.9. The van der Waals surface area contributed by atoms with E-state index in [2.05, 4.69) is 17.1 Å². The van der Waals surface area contributed by atoms with Crippen molar-refractivity contribution in [3.8, 4) is 0 Å². The molecule has 1 fully saturated rings. The van der Waals surface area contributed by atoms with Gasteiger partial charge in [-0.3, -0.25) is 9.59 Å². The van der Waals surface area contributed by atoms with E-state index in [-0.39, 0.29) is 36.5 Å². The van der Waals surface area contributed by atoms with Gasteiger partial charge in [-0.05, 0) is 42.3 Å². The summed E-state index contributed by atoms with van der Waals surface area (Å²) >= 11 is 3.17. The number of aliphatic hydroxyl groups excluding tert-OH is 1. The molecule has 3 aromatic carbocycles. The first kappa shape index (κ1) is 26.8. The van der Waals surface area contributed by atoms with Crippen molar-refractivity contribution in [3.63, 3.8) is 0 Å². The van der Waals surface area contributed by atoms with Crippen molar-refractivity contribution in [1.29, 1.82) is 0 Å². The standard InChI is InChI=1S/C30H27N3O5S2/c1-17-25(16-39-30-32-31-18(2)40-30)37-29(38-26(17)20-9-7-19(15-34)8-10-20)21-11-13-22(14-12-21)33-27(35)23-5-3-4-6-24(23)28(33)36/h3-14,17,25-26,29,34H,15-16H2,1-2H3/t17-,25+,26+,29+/m1/s1. The number of nitrogens with zero attached hydrogens (tertiary/aromatic N) is 3. The van der Waals surface area contributed by atoms with Gasteiger partial charge in [-0.1, -0.05) is 78.6 Å². The number of aromatic nitrogens is 2. The van der Waals surface area contributed by atoms with Crippen LogP contribution in [0, 0.1) is 12.8 Å². The quantitative estimate of drug-likeness (QED) is 0.221. The lowest BCUT2D eigenvalue weighted by Crippen LogP contribution is -2.38. The summed E-state index contributed by atoms with van der Waals surface area (Å²) in [7, 11) is 0. The van der Waals surface area contributed by atoms with E-state index in [9.17, 15) is 14.7 Å². The van der Waals surface area contributed by atoms with E-state index in [1.807, 2.05) is 43.3 Å². The predicted octanol–water partition coefficient (Wildman–Crippen LogP) is 5.72. The Kier molecular flexibility index (Phi) is 7.52. The molecular weight excluding hydrogens is 546 g/mol. The maximum absolute atomic E-state index is 12.9. The molecule has 1 saturated heterocycles. The molecule has 0 saturated carbocycles. The molecule has 40 heavy (non-hydrogen) atoms. The number of amides is 2. The van der Waals surface area contributed by atoms with Crippen molar-refractivity contribution in [1.82, 2.24) is 10.2 Å². The van der Waals surface area contributed by atoms with Crippen LogP contribution in [0.3, 0.4) is 0 Å². The summed E-state index contributed by atoms with van der Waals surface area (Å²) in [4.78, 5) is 27.1. The van der Waals surface area contributed by atoms with Crippen LogP contribution in [0.4, 0.5) is 5.69 Å². The molecule has 0 unspecified atom stereocenters. The first-order valence-electron chi connectivity index (χ1n) is 12.9. The lowest BCUT2D eigenvalue weighted by Gasteiger charge is -2.41. The van der Waals surface area contributed by atoms with Crippen LogP contribution in [0.15, 0.2) is 77.1 Å². The van der Waals surface area contributed by atoms with Crippen LogP contribution in [0.1, 0.15) is 61.7 Å². The van der Waals surface area contributed by atoms with Crippen LogP contribution in [0.2, 0.25) is 0 Å². The van der Waals surface area contributed by atoms with Crippen molar-refractivity contribution in [2.24, 2.45) is 5.92 Å². The molecule has 3 heterocycles. The molecule has 0 aliphatic carbocycles. The van der Waals surface area contributed by atoms with Crippen LogP contribution >= 0.6 is 23.1 Å². The van der Waals surface area contributed by atoms with Crippen molar-refractivity contribution in [2.45, 2.75) is 43.3 Å². The number of aryl methyl sites for hydroxylation is 1. The minimum atomic E-state index is -0.656. The Morgan fingerprint density at radius 1 is 0.900 bits per heavy atom. The van der Waals surface area contributed by atoms with Gasteiger partial charge in [-0.2, -0.15) is 0 Å². The highest BCUT2D eigenvalue weighted by Crippen LogP contribution is 2.43. The van der Waals surface area contributed by atoms with Gasteiger partial charge in [0.2, 0.25) is 0 Å². The Morgan fingerprint density at radius 3 is 2.15 bits per heavy atom. The van der Waals surface area contributed by atoms with E-state index in [1.54, 1.807) is 59.5 Å². The number of thioether (sulfide) groups is 1. The lowest BCUT2D eigenvalue weighted by molar-refractivity contribution is -0.268. The van der Waals surface area contributed by atoms with Crippen LogP contribution in [-0.2, 0) is 16.1 Å². The number of hydrogen-bond donors (Lipinski definition) is 1. The highest BCUT2D eigenvalue weighted by atomic mass is 32.2. The normalized spacial score (nSPS) is 22.5. The van der Waals surface area contributed by atoms with Crippen LogP contribution < -0.4 is 4.90 Å². The monoisotopic (exact) mass is 573 g/mol. The molecule has 0 spiro atoms. The van der Waals surface area contributed by atoms with Crippen LogP contribution in [0.25, 0.3) is 0 Å².